The molecule has 0 aliphatic rings. The third-order valence-corrected chi connectivity index (χ3v) is 2.46. The number of halogens is 2. The lowest BCUT2D eigenvalue weighted by Crippen LogP contribution is -2.31. The number of nitrogens with two attached hydrogens (primary N) is 1. The van der Waals surface area contributed by atoms with Gasteiger partial charge in [-0.1, -0.05) is 29.3 Å². The second-order valence-electron chi connectivity index (χ2n) is 4.10. The lowest BCUT2D eigenvalue weighted by molar-refractivity contribution is -0.149. The van der Waals surface area contributed by atoms with Crippen LogP contribution < -0.4 is 5.73 Å². The van der Waals surface area contributed by atoms with Crippen LogP contribution in [-0.4, -0.2) is 18.7 Å². The molecule has 1 aromatic rings. The molecule has 18 heavy (non-hydrogen) atoms. The van der Waals surface area contributed by atoms with Crippen molar-refractivity contribution < 1.29 is 13.9 Å². The number of aryl methyl sites for hydroxylation is 2. The Morgan fingerprint density at radius 3 is 2.28 bits per heavy atom. The highest BCUT2D eigenvalue weighted by Gasteiger charge is 2.27. The summed E-state index contributed by atoms with van der Waals surface area (Å²) in [7, 11) is 0. The number of esters is 1. The summed E-state index contributed by atoms with van der Waals surface area (Å²) in [5.41, 5.74) is 8.33. The van der Waals surface area contributed by atoms with E-state index in [0.29, 0.717) is 5.56 Å². The Balaban J connectivity index is 0.00000289. The summed E-state index contributed by atoms with van der Waals surface area (Å²) in [6, 6.07) is 4.55. The molecular formula is C13H19ClFNO2. The third-order valence-electron chi connectivity index (χ3n) is 2.46. The van der Waals surface area contributed by atoms with Gasteiger partial charge >= 0.3 is 5.97 Å². The maximum absolute atomic E-state index is 13.7. The Morgan fingerprint density at radius 2 is 1.83 bits per heavy atom. The molecule has 0 spiro atoms. The van der Waals surface area contributed by atoms with E-state index in [-0.39, 0.29) is 19.0 Å². The van der Waals surface area contributed by atoms with Gasteiger partial charge in [-0.25, -0.2) is 9.18 Å². The molecule has 0 amide bonds. The molecule has 0 saturated heterocycles. The second-order valence-corrected chi connectivity index (χ2v) is 4.10. The molecule has 3 nitrogen and oxygen atoms in total. The van der Waals surface area contributed by atoms with Crippen LogP contribution in [0.5, 0.6) is 0 Å². The highest BCUT2D eigenvalue weighted by atomic mass is 35.5. The van der Waals surface area contributed by atoms with Crippen molar-refractivity contribution in [2.45, 2.75) is 33.0 Å². The number of ether oxygens (including phenoxy) is 1. The predicted molar refractivity (Wildman–Crippen MR) is 71.6 cm³/mol. The molecule has 2 atom stereocenters. The average Bonchev–Trinajstić information content (AvgIpc) is 2.26. The molecule has 0 fully saturated rings. The molecule has 102 valence electrons. The van der Waals surface area contributed by atoms with Crippen LogP contribution in [0.15, 0.2) is 18.2 Å². The van der Waals surface area contributed by atoms with E-state index in [4.69, 9.17) is 5.73 Å². The zero-order valence-electron chi connectivity index (χ0n) is 10.8. The fourth-order valence-electron chi connectivity index (χ4n) is 1.74. The largest absolute Gasteiger partial charge is 0.464 e. The monoisotopic (exact) mass is 275 g/mol. The molecule has 1 rings (SSSR count). The van der Waals surface area contributed by atoms with Crippen molar-refractivity contribution in [2.24, 2.45) is 5.73 Å². The fraction of sp³-hybridized carbons (Fsp3) is 0.462. The summed E-state index contributed by atoms with van der Waals surface area (Å²) < 4.78 is 18.3. The topological polar surface area (TPSA) is 52.3 Å². The number of hydrogen-bond donors (Lipinski definition) is 1. The minimum absolute atomic E-state index is 0. The number of alkyl halides is 1. The van der Waals surface area contributed by atoms with Gasteiger partial charge in [0, 0.05) is 0 Å². The van der Waals surface area contributed by atoms with Crippen LogP contribution in [0.25, 0.3) is 0 Å². The third kappa shape index (κ3) is 4.27. The first-order chi connectivity index (χ1) is 7.95. The van der Waals surface area contributed by atoms with Gasteiger partial charge in [0.2, 0.25) is 6.17 Å². The lowest BCUT2D eigenvalue weighted by atomic mass is 9.99. The number of rotatable bonds is 4. The van der Waals surface area contributed by atoms with Gasteiger partial charge in [0.05, 0.1) is 12.6 Å². The van der Waals surface area contributed by atoms with Crippen LogP contribution >= 0.6 is 12.4 Å². The highest BCUT2D eigenvalue weighted by molar-refractivity contribution is 5.85. The van der Waals surface area contributed by atoms with Crippen LogP contribution in [0.2, 0.25) is 0 Å². The van der Waals surface area contributed by atoms with Crippen LogP contribution in [0.4, 0.5) is 4.39 Å². The number of hydrogen-bond acceptors (Lipinski definition) is 3. The number of carbonyl (C=O) groups is 1. The Kier molecular flexibility index (Phi) is 6.88. The van der Waals surface area contributed by atoms with Gasteiger partial charge in [-0.2, -0.15) is 0 Å². The lowest BCUT2D eigenvalue weighted by Gasteiger charge is -2.17. The highest BCUT2D eigenvalue weighted by Crippen LogP contribution is 2.20. The van der Waals surface area contributed by atoms with Crippen molar-refractivity contribution in [1.82, 2.24) is 0 Å². The first-order valence-electron chi connectivity index (χ1n) is 5.60. The van der Waals surface area contributed by atoms with Gasteiger partial charge in [-0.05, 0) is 26.3 Å². The van der Waals surface area contributed by atoms with E-state index in [2.05, 4.69) is 4.74 Å². The zero-order valence-corrected chi connectivity index (χ0v) is 11.6. The molecule has 1 aromatic carbocycles. The quantitative estimate of drug-likeness (QED) is 0.860. The first-order valence-corrected chi connectivity index (χ1v) is 5.60. The van der Waals surface area contributed by atoms with Crippen molar-refractivity contribution in [1.29, 1.82) is 0 Å². The minimum Gasteiger partial charge on any atom is -0.464 e. The van der Waals surface area contributed by atoms with Crippen LogP contribution in [0.3, 0.4) is 0 Å². The van der Waals surface area contributed by atoms with Gasteiger partial charge in [-0.3, -0.25) is 0 Å². The maximum Gasteiger partial charge on any atom is 0.342 e. The van der Waals surface area contributed by atoms with Crippen molar-refractivity contribution in [3.05, 3.63) is 34.9 Å². The van der Waals surface area contributed by atoms with Gasteiger partial charge in [0.1, 0.15) is 0 Å². The normalized spacial score (nSPS) is 13.4. The predicted octanol–water partition coefficient (Wildman–Crippen LogP) is 2.63. The molecule has 2 N–H and O–H groups in total. The summed E-state index contributed by atoms with van der Waals surface area (Å²) in [4.78, 5) is 11.3. The van der Waals surface area contributed by atoms with Crippen molar-refractivity contribution in [3.63, 3.8) is 0 Å². The van der Waals surface area contributed by atoms with Crippen molar-refractivity contribution in [2.75, 3.05) is 6.61 Å². The van der Waals surface area contributed by atoms with E-state index in [9.17, 15) is 9.18 Å². The fourth-order valence-corrected chi connectivity index (χ4v) is 1.74. The van der Waals surface area contributed by atoms with E-state index in [1.165, 1.54) is 0 Å². The average molecular weight is 276 g/mol. The second kappa shape index (κ2) is 7.34. The van der Waals surface area contributed by atoms with E-state index in [1.807, 2.05) is 19.9 Å². The summed E-state index contributed by atoms with van der Waals surface area (Å²) in [6.45, 7) is 5.59. The maximum atomic E-state index is 13.7. The van der Waals surface area contributed by atoms with E-state index in [1.54, 1.807) is 19.1 Å². The minimum atomic E-state index is -1.82. The summed E-state index contributed by atoms with van der Waals surface area (Å²) in [5.74, 6) is -0.904. The number of carbonyl (C=O) groups excluding carboxylic acids is 1. The van der Waals surface area contributed by atoms with Crippen LogP contribution in [0, 0.1) is 13.8 Å². The van der Waals surface area contributed by atoms with E-state index < -0.39 is 18.2 Å². The molecule has 5 heteroatoms. The molecule has 0 heterocycles. The summed E-state index contributed by atoms with van der Waals surface area (Å²) >= 11 is 0. The van der Waals surface area contributed by atoms with Crippen molar-refractivity contribution in [3.8, 4) is 0 Å². The molecule has 0 aliphatic heterocycles. The van der Waals surface area contributed by atoms with E-state index in [0.717, 1.165) is 11.1 Å². The molecule has 0 aliphatic carbocycles. The molecule has 0 radical (unpaired) electrons. The standard InChI is InChI=1S/C13H18FNO2.ClH/c1-4-17-13(16)11(14)12(15)10-6-8(2)5-9(3)7-10;/h5-7,11-12H,4,15H2,1-3H3;1H/t11?,12-;/m1./s1. The molecular weight excluding hydrogens is 257 g/mol. The van der Waals surface area contributed by atoms with E-state index >= 15 is 0 Å². The van der Waals surface area contributed by atoms with Gasteiger partial charge < -0.3 is 10.5 Å². The molecule has 0 saturated carbocycles. The zero-order chi connectivity index (χ0) is 13.0. The Hall–Kier alpha value is -1.13. The SMILES string of the molecule is CCOC(=O)C(F)[C@H](N)c1cc(C)cc(C)c1.Cl. The summed E-state index contributed by atoms with van der Waals surface area (Å²) in [6.07, 6.45) is -1.82. The van der Waals surface area contributed by atoms with Gasteiger partial charge in [0.15, 0.2) is 0 Å². The Morgan fingerprint density at radius 1 is 1.33 bits per heavy atom. The van der Waals surface area contributed by atoms with Gasteiger partial charge in [-0.15, -0.1) is 12.4 Å². The Labute approximate surface area is 113 Å². The summed E-state index contributed by atoms with van der Waals surface area (Å²) in [5, 5.41) is 0. The first kappa shape index (κ1) is 16.9. The molecule has 0 bridgehead atoms. The van der Waals surface area contributed by atoms with Crippen LogP contribution in [-0.2, 0) is 9.53 Å². The van der Waals surface area contributed by atoms with Crippen molar-refractivity contribution >= 4 is 18.4 Å². The Bertz CT molecular complexity index is 392. The smallest absolute Gasteiger partial charge is 0.342 e. The molecule has 0 aromatic heterocycles. The molecule has 1 unspecified atom stereocenters. The van der Waals surface area contributed by atoms with Gasteiger partial charge in [0.25, 0.3) is 0 Å². The van der Waals surface area contributed by atoms with Crippen LogP contribution in [0.1, 0.15) is 29.7 Å². The number of benzene rings is 1.